The van der Waals surface area contributed by atoms with Gasteiger partial charge in [0.15, 0.2) is 0 Å². The first-order chi connectivity index (χ1) is 5.54. The molecule has 1 rings (SSSR count). The van der Waals surface area contributed by atoms with E-state index in [0.717, 1.165) is 0 Å². The molecule has 0 saturated heterocycles. The molecule has 12 heavy (non-hydrogen) atoms. The first-order valence-electron chi connectivity index (χ1n) is 2.85. The van der Waals surface area contributed by atoms with Gasteiger partial charge in [-0.3, -0.25) is 10.1 Å². The van der Waals surface area contributed by atoms with Gasteiger partial charge < -0.3 is 5.11 Å². The molecule has 0 saturated carbocycles. The predicted octanol–water partition coefficient (Wildman–Crippen LogP) is 2.67. The van der Waals surface area contributed by atoms with E-state index in [1.165, 1.54) is 0 Å². The molecule has 0 atom stereocenters. The minimum atomic E-state index is -0.609. The predicted molar refractivity (Wildman–Crippen MR) is 55.2 cm³/mol. The number of nitro benzene ring substituents is 1. The summed E-state index contributed by atoms with van der Waals surface area (Å²) in [5.41, 5.74) is -0.259. The van der Waals surface area contributed by atoms with E-state index in [1.807, 2.05) is 0 Å². The van der Waals surface area contributed by atoms with E-state index in [1.54, 1.807) is 34.7 Å². The van der Waals surface area contributed by atoms with Gasteiger partial charge in [0, 0.05) is 0 Å². The van der Waals surface area contributed by atoms with Crippen molar-refractivity contribution in [3.63, 3.8) is 0 Å². The van der Waals surface area contributed by atoms with Crippen molar-refractivity contribution in [1.29, 1.82) is 0 Å². The molecule has 0 bridgehead atoms. The van der Waals surface area contributed by atoms with Gasteiger partial charge in [-0.05, 0) is 50.7 Å². The number of nitrogens with zero attached hydrogens (tertiary/aromatic N) is 1. The average Bonchev–Trinajstić information content (AvgIpc) is 1.97. The molecule has 0 unspecified atom stereocenters. The maximum atomic E-state index is 10.4. The topological polar surface area (TPSA) is 63.4 Å². The van der Waals surface area contributed by atoms with Crippen LogP contribution in [0.4, 0.5) is 5.69 Å². The number of phenolic OH excluding ortho intramolecular Hbond substituents is 1. The molecular formula is C6H3BrINO3. The van der Waals surface area contributed by atoms with Gasteiger partial charge in [-0.15, -0.1) is 0 Å². The van der Waals surface area contributed by atoms with E-state index < -0.39 is 4.92 Å². The van der Waals surface area contributed by atoms with Crippen LogP contribution in [0.25, 0.3) is 0 Å². The SMILES string of the molecule is O=[N+]([O-])c1c(I)ccc(Br)c1O. The van der Waals surface area contributed by atoms with Crippen LogP contribution < -0.4 is 0 Å². The van der Waals surface area contributed by atoms with E-state index in [-0.39, 0.29) is 11.4 Å². The van der Waals surface area contributed by atoms with Gasteiger partial charge in [0.05, 0.1) is 13.0 Å². The standard InChI is InChI=1S/C6H3BrINO3/c7-3-1-2-4(8)5(6(3)10)9(11)12/h1-2,10H. The molecule has 1 aromatic carbocycles. The van der Waals surface area contributed by atoms with E-state index in [2.05, 4.69) is 15.9 Å². The highest BCUT2D eigenvalue weighted by atomic mass is 127. The van der Waals surface area contributed by atoms with Crippen molar-refractivity contribution in [2.24, 2.45) is 0 Å². The monoisotopic (exact) mass is 343 g/mol. The van der Waals surface area contributed by atoms with E-state index in [9.17, 15) is 15.2 Å². The molecular weight excluding hydrogens is 341 g/mol. The maximum absolute atomic E-state index is 10.4. The fraction of sp³-hybridized carbons (Fsp3) is 0. The minimum Gasteiger partial charge on any atom is -0.501 e. The van der Waals surface area contributed by atoms with Crippen LogP contribution in [0.3, 0.4) is 0 Å². The van der Waals surface area contributed by atoms with Crippen LogP contribution in [0.15, 0.2) is 16.6 Å². The highest BCUT2D eigenvalue weighted by molar-refractivity contribution is 14.1. The summed E-state index contributed by atoms with van der Waals surface area (Å²) in [5, 5.41) is 19.7. The Bertz CT molecular complexity index is 342. The van der Waals surface area contributed by atoms with Crippen LogP contribution in [0.5, 0.6) is 5.75 Å². The molecule has 1 aromatic rings. The molecule has 0 heterocycles. The normalized spacial score (nSPS) is 9.83. The number of hydrogen-bond donors (Lipinski definition) is 1. The van der Waals surface area contributed by atoms with Gasteiger partial charge in [0.2, 0.25) is 5.75 Å². The number of phenols is 1. The first kappa shape index (κ1) is 9.72. The lowest BCUT2D eigenvalue weighted by atomic mass is 10.3. The second-order valence-corrected chi connectivity index (χ2v) is 4.00. The summed E-state index contributed by atoms with van der Waals surface area (Å²) in [6.07, 6.45) is 0. The third kappa shape index (κ3) is 1.69. The largest absolute Gasteiger partial charge is 0.501 e. The van der Waals surface area contributed by atoms with Crippen LogP contribution in [0.1, 0.15) is 0 Å². The van der Waals surface area contributed by atoms with Crippen LogP contribution in [-0.4, -0.2) is 10.0 Å². The molecule has 0 radical (unpaired) electrons. The number of nitro groups is 1. The fourth-order valence-electron chi connectivity index (χ4n) is 0.704. The van der Waals surface area contributed by atoms with Gasteiger partial charge in [-0.25, -0.2) is 0 Å². The van der Waals surface area contributed by atoms with Crippen molar-refractivity contribution < 1.29 is 10.0 Å². The molecule has 0 aliphatic carbocycles. The van der Waals surface area contributed by atoms with Crippen molar-refractivity contribution >= 4 is 44.2 Å². The van der Waals surface area contributed by atoms with E-state index >= 15 is 0 Å². The van der Waals surface area contributed by atoms with Crippen LogP contribution in [-0.2, 0) is 0 Å². The summed E-state index contributed by atoms with van der Waals surface area (Å²) >= 11 is 4.79. The van der Waals surface area contributed by atoms with Crippen molar-refractivity contribution in [3.05, 3.63) is 30.3 Å². The summed E-state index contributed by atoms with van der Waals surface area (Å²) in [6.45, 7) is 0. The summed E-state index contributed by atoms with van der Waals surface area (Å²) in [5.74, 6) is -0.327. The molecule has 4 nitrogen and oxygen atoms in total. The molecule has 1 N–H and O–H groups in total. The number of benzene rings is 1. The third-order valence-corrected chi connectivity index (χ3v) is 2.75. The van der Waals surface area contributed by atoms with Gasteiger partial charge >= 0.3 is 5.69 Å². The average molecular weight is 344 g/mol. The minimum absolute atomic E-state index is 0.259. The number of rotatable bonds is 1. The zero-order valence-electron chi connectivity index (χ0n) is 5.62. The molecule has 6 heteroatoms. The number of aromatic hydroxyl groups is 1. The van der Waals surface area contributed by atoms with Crippen molar-refractivity contribution in [3.8, 4) is 5.75 Å². The van der Waals surface area contributed by atoms with Gasteiger partial charge in [-0.2, -0.15) is 0 Å². The molecule has 0 aliphatic rings. The Morgan fingerprint density at radius 3 is 2.58 bits per heavy atom. The smallest absolute Gasteiger partial charge is 0.325 e. The molecule has 64 valence electrons. The number of hydrogen-bond acceptors (Lipinski definition) is 3. The molecule has 0 amide bonds. The fourth-order valence-corrected chi connectivity index (χ4v) is 1.66. The lowest BCUT2D eigenvalue weighted by Crippen LogP contribution is -1.92. The van der Waals surface area contributed by atoms with Crippen molar-refractivity contribution in [2.45, 2.75) is 0 Å². The van der Waals surface area contributed by atoms with Crippen LogP contribution >= 0.6 is 38.5 Å². The highest BCUT2D eigenvalue weighted by Crippen LogP contribution is 2.36. The maximum Gasteiger partial charge on any atom is 0.325 e. The van der Waals surface area contributed by atoms with Crippen molar-refractivity contribution in [1.82, 2.24) is 0 Å². The Labute approximate surface area is 90.0 Å². The summed E-state index contributed by atoms with van der Waals surface area (Å²) < 4.78 is 0.743. The van der Waals surface area contributed by atoms with Crippen LogP contribution in [0.2, 0.25) is 0 Å². The Kier molecular flexibility index (Phi) is 2.89. The van der Waals surface area contributed by atoms with E-state index in [0.29, 0.717) is 8.04 Å². The second kappa shape index (κ2) is 3.56. The molecule has 0 aromatic heterocycles. The first-order valence-corrected chi connectivity index (χ1v) is 4.72. The summed E-state index contributed by atoms with van der Waals surface area (Å²) in [6, 6.07) is 3.12. The quantitative estimate of drug-likeness (QED) is 0.484. The second-order valence-electron chi connectivity index (χ2n) is 1.98. The Balaban J connectivity index is 3.43. The Hall–Kier alpha value is -0.370. The zero-order chi connectivity index (χ0) is 9.30. The van der Waals surface area contributed by atoms with Gasteiger partial charge in [0.25, 0.3) is 0 Å². The lowest BCUT2D eigenvalue weighted by Gasteiger charge is -1.99. The Morgan fingerprint density at radius 1 is 1.58 bits per heavy atom. The summed E-state index contributed by atoms with van der Waals surface area (Å²) in [7, 11) is 0. The molecule has 0 aliphatic heterocycles. The number of halogens is 2. The summed E-state index contributed by atoms with van der Waals surface area (Å²) in [4.78, 5) is 9.81. The highest BCUT2D eigenvalue weighted by Gasteiger charge is 2.19. The molecule has 0 spiro atoms. The molecule has 0 fully saturated rings. The third-order valence-electron chi connectivity index (χ3n) is 1.24. The van der Waals surface area contributed by atoms with Crippen molar-refractivity contribution in [2.75, 3.05) is 0 Å². The van der Waals surface area contributed by atoms with Gasteiger partial charge in [0.1, 0.15) is 0 Å². The Morgan fingerprint density at radius 2 is 2.17 bits per heavy atom. The van der Waals surface area contributed by atoms with E-state index in [4.69, 9.17) is 0 Å². The van der Waals surface area contributed by atoms with Gasteiger partial charge in [-0.1, -0.05) is 0 Å². The van der Waals surface area contributed by atoms with Crippen LogP contribution in [0, 0.1) is 13.7 Å². The zero-order valence-corrected chi connectivity index (χ0v) is 9.37. The lowest BCUT2D eigenvalue weighted by molar-refractivity contribution is -0.386.